The summed E-state index contributed by atoms with van der Waals surface area (Å²) in [6.45, 7) is 3.79. The SMILES string of the molecule is CC(C)(CCl)C(=O)c1cc2ccccc2c2ccccc12. The van der Waals surface area contributed by atoms with Gasteiger partial charge in [-0.1, -0.05) is 62.4 Å². The fourth-order valence-electron chi connectivity index (χ4n) is 2.67. The van der Waals surface area contributed by atoms with E-state index in [0.29, 0.717) is 5.88 Å². The highest BCUT2D eigenvalue weighted by Crippen LogP contribution is 2.33. The lowest BCUT2D eigenvalue weighted by Gasteiger charge is -2.21. The van der Waals surface area contributed by atoms with E-state index in [9.17, 15) is 4.79 Å². The van der Waals surface area contributed by atoms with E-state index in [0.717, 1.165) is 21.7 Å². The second-order valence-electron chi connectivity index (χ2n) is 6.04. The molecule has 0 N–H and O–H groups in total. The number of hydrogen-bond donors (Lipinski definition) is 0. The highest BCUT2D eigenvalue weighted by atomic mass is 35.5. The Balaban J connectivity index is 2.38. The minimum absolute atomic E-state index is 0.0967. The minimum atomic E-state index is -0.563. The van der Waals surface area contributed by atoms with Crippen LogP contribution in [-0.2, 0) is 0 Å². The quantitative estimate of drug-likeness (QED) is 0.357. The van der Waals surface area contributed by atoms with Crippen molar-refractivity contribution in [2.24, 2.45) is 5.41 Å². The second-order valence-corrected chi connectivity index (χ2v) is 6.30. The van der Waals surface area contributed by atoms with Crippen LogP contribution in [0.25, 0.3) is 21.5 Å². The lowest BCUT2D eigenvalue weighted by atomic mass is 9.83. The predicted molar refractivity (Wildman–Crippen MR) is 90.3 cm³/mol. The Morgan fingerprint density at radius 2 is 1.52 bits per heavy atom. The number of fused-ring (bicyclic) bond motifs is 3. The molecule has 0 saturated heterocycles. The molecule has 0 atom stereocenters. The van der Waals surface area contributed by atoms with Gasteiger partial charge in [-0.2, -0.15) is 0 Å². The van der Waals surface area contributed by atoms with Crippen molar-refractivity contribution in [1.29, 1.82) is 0 Å². The molecule has 0 fully saturated rings. The third-order valence-corrected chi connectivity index (χ3v) is 4.63. The van der Waals surface area contributed by atoms with Gasteiger partial charge in [0.15, 0.2) is 5.78 Å². The van der Waals surface area contributed by atoms with Crippen LogP contribution in [0.2, 0.25) is 0 Å². The predicted octanol–water partition coefficient (Wildman–Crippen LogP) is 5.44. The van der Waals surface area contributed by atoms with Crippen molar-refractivity contribution in [3.05, 3.63) is 60.2 Å². The van der Waals surface area contributed by atoms with E-state index in [1.807, 2.05) is 56.3 Å². The normalized spacial score (nSPS) is 12.0. The van der Waals surface area contributed by atoms with E-state index < -0.39 is 5.41 Å². The molecule has 106 valence electrons. The third-order valence-electron chi connectivity index (χ3n) is 3.96. The van der Waals surface area contributed by atoms with E-state index in [2.05, 4.69) is 12.1 Å². The maximum atomic E-state index is 12.9. The number of carbonyl (C=O) groups excluding carboxylic acids is 1. The zero-order chi connectivity index (χ0) is 15.0. The van der Waals surface area contributed by atoms with Crippen LogP contribution in [0.4, 0.5) is 0 Å². The largest absolute Gasteiger partial charge is 0.294 e. The van der Waals surface area contributed by atoms with Gasteiger partial charge in [0.2, 0.25) is 0 Å². The molecule has 0 bridgehead atoms. The molecule has 0 unspecified atom stereocenters. The maximum absolute atomic E-state index is 12.9. The average molecular weight is 297 g/mol. The lowest BCUT2D eigenvalue weighted by Crippen LogP contribution is -2.26. The van der Waals surface area contributed by atoms with Gasteiger partial charge < -0.3 is 0 Å². The Hall–Kier alpha value is -1.86. The molecule has 0 aliphatic carbocycles. The summed E-state index contributed by atoms with van der Waals surface area (Å²) in [6.07, 6.45) is 0. The number of rotatable bonds is 3. The van der Waals surface area contributed by atoms with Crippen LogP contribution in [0.15, 0.2) is 54.6 Å². The molecular formula is C19H17ClO. The Kier molecular flexibility index (Phi) is 3.46. The number of alkyl halides is 1. The van der Waals surface area contributed by atoms with Gasteiger partial charge in [-0.05, 0) is 27.6 Å². The van der Waals surface area contributed by atoms with Crippen molar-refractivity contribution in [2.75, 3.05) is 5.88 Å². The molecule has 1 nitrogen and oxygen atoms in total. The first kappa shape index (κ1) is 14.1. The lowest BCUT2D eigenvalue weighted by molar-refractivity contribution is 0.0864. The number of ketones is 1. The molecule has 0 aliphatic rings. The van der Waals surface area contributed by atoms with Gasteiger partial charge in [0.05, 0.1) is 0 Å². The Bertz CT molecular complexity index is 833. The molecule has 0 aromatic heterocycles. The molecule has 3 aromatic carbocycles. The zero-order valence-corrected chi connectivity index (χ0v) is 12.9. The van der Waals surface area contributed by atoms with Gasteiger partial charge in [-0.3, -0.25) is 4.79 Å². The highest BCUT2D eigenvalue weighted by molar-refractivity contribution is 6.23. The van der Waals surface area contributed by atoms with E-state index in [4.69, 9.17) is 11.6 Å². The zero-order valence-electron chi connectivity index (χ0n) is 12.2. The molecule has 0 spiro atoms. The van der Waals surface area contributed by atoms with Crippen LogP contribution >= 0.6 is 11.6 Å². The first-order chi connectivity index (χ1) is 10.0. The van der Waals surface area contributed by atoms with Gasteiger partial charge in [-0.15, -0.1) is 11.6 Å². The van der Waals surface area contributed by atoms with Crippen LogP contribution in [-0.4, -0.2) is 11.7 Å². The Labute approximate surface area is 129 Å². The topological polar surface area (TPSA) is 17.1 Å². The van der Waals surface area contributed by atoms with Crippen LogP contribution in [0, 0.1) is 5.41 Å². The van der Waals surface area contributed by atoms with E-state index in [1.165, 1.54) is 5.39 Å². The fraction of sp³-hybridized carbons (Fsp3) is 0.211. The van der Waals surface area contributed by atoms with Crippen molar-refractivity contribution < 1.29 is 4.79 Å². The standard InChI is InChI=1S/C19H17ClO/c1-19(2,12-20)18(21)17-11-13-7-3-4-8-14(13)15-9-5-6-10-16(15)17/h3-11H,12H2,1-2H3. The smallest absolute Gasteiger partial charge is 0.170 e. The van der Waals surface area contributed by atoms with E-state index >= 15 is 0 Å². The summed E-state index contributed by atoms with van der Waals surface area (Å²) in [5.41, 5.74) is 0.196. The van der Waals surface area contributed by atoms with Crippen molar-refractivity contribution in [1.82, 2.24) is 0 Å². The summed E-state index contributed by atoms with van der Waals surface area (Å²) in [7, 11) is 0. The average Bonchev–Trinajstić information content (AvgIpc) is 2.53. The summed E-state index contributed by atoms with van der Waals surface area (Å²) in [6, 6.07) is 18.2. The Morgan fingerprint density at radius 1 is 0.952 bits per heavy atom. The summed E-state index contributed by atoms with van der Waals surface area (Å²) >= 11 is 5.99. The monoisotopic (exact) mass is 296 g/mol. The van der Waals surface area contributed by atoms with E-state index in [-0.39, 0.29) is 5.78 Å². The number of Topliss-reactive ketones (excluding diaryl/α,β-unsaturated/α-hetero) is 1. The molecule has 21 heavy (non-hydrogen) atoms. The number of hydrogen-bond acceptors (Lipinski definition) is 1. The van der Waals surface area contributed by atoms with Crippen molar-refractivity contribution in [3.63, 3.8) is 0 Å². The van der Waals surface area contributed by atoms with Crippen LogP contribution in [0.1, 0.15) is 24.2 Å². The summed E-state index contributed by atoms with van der Waals surface area (Å²) in [5, 5.41) is 4.38. The van der Waals surface area contributed by atoms with Crippen molar-refractivity contribution in [2.45, 2.75) is 13.8 Å². The summed E-state index contributed by atoms with van der Waals surface area (Å²) < 4.78 is 0. The second kappa shape index (κ2) is 5.16. The Morgan fingerprint density at radius 3 is 2.19 bits per heavy atom. The van der Waals surface area contributed by atoms with Gasteiger partial charge in [0, 0.05) is 16.9 Å². The van der Waals surface area contributed by atoms with Gasteiger partial charge >= 0.3 is 0 Å². The minimum Gasteiger partial charge on any atom is -0.294 e. The molecule has 2 heteroatoms. The molecule has 0 heterocycles. The first-order valence-electron chi connectivity index (χ1n) is 7.06. The van der Waals surface area contributed by atoms with Gasteiger partial charge in [-0.25, -0.2) is 0 Å². The fourth-order valence-corrected chi connectivity index (χ4v) is 2.79. The van der Waals surface area contributed by atoms with Crippen LogP contribution < -0.4 is 0 Å². The summed E-state index contributed by atoms with van der Waals surface area (Å²) in [5.74, 6) is 0.409. The molecule has 0 saturated carbocycles. The van der Waals surface area contributed by atoms with Gasteiger partial charge in [0.25, 0.3) is 0 Å². The molecule has 0 aliphatic heterocycles. The third kappa shape index (κ3) is 2.32. The van der Waals surface area contributed by atoms with Crippen LogP contribution in [0.3, 0.4) is 0 Å². The molecule has 3 rings (SSSR count). The molecular weight excluding hydrogens is 280 g/mol. The van der Waals surface area contributed by atoms with Crippen molar-refractivity contribution in [3.8, 4) is 0 Å². The maximum Gasteiger partial charge on any atom is 0.170 e. The first-order valence-corrected chi connectivity index (χ1v) is 7.59. The highest BCUT2D eigenvalue weighted by Gasteiger charge is 2.29. The summed E-state index contributed by atoms with van der Waals surface area (Å²) in [4.78, 5) is 12.9. The van der Waals surface area contributed by atoms with E-state index in [1.54, 1.807) is 0 Å². The molecule has 0 amide bonds. The van der Waals surface area contributed by atoms with Crippen molar-refractivity contribution >= 4 is 38.9 Å². The van der Waals surface area contributed by atoms with Crippen LogP contribution in [0.5, 0.6) is 0 Å². The molecule has 3 aromatic rings. The molecule has 0 radical (unpaired) electrons. The number of carbonyl (C=O) groups is 1. The number of benzene rings is 3. The van der Waals surface area contributed by atoms with Gasteiger partial charge in [0.1, 0.15) is 0 Å². The number of halogens is 1.